The molecule has 2 heterocycles. The average Bonchev–Trinajstić information content (AvgIpc) is 4.09. The summed E-state index contributed by atoms with van der Waals surface area (Å²) in [5.74, 6) is -0.706. The van der Waals surface area contributed by atoms with Crippen molar-refractivity contribution >= 4 is 45.6 Å². The third kappa shape index (κ3) is 12.9. The Hall–Kier alpha value is -8.34. The molecule has 400 valence electrons. The van der Waals surface area contributed by atoms with Gasteiger partial charge in [-0.25, -0.2) is 8.78 Å². The number of benzene rings is 6. The Morgan fingerprint density at radius 3 is 1.43 bits per heavy atom. The van der Waals surface area contributed by atoms with E-state index in [2.05, 4.69) is 21.3 Å². The third-order valence-electron chi connectivity index (χ3n) is 12.9. The highest BCUT2D eigenvalue weighted by molar-refractivity contribution is 6.13. The van der Waals surface area contributed by atoms with E-state index in [1.165, 1.54) is 50.5 Å². The van der Waals surface area contributed by atoms with Gasteiger partial charge in [0.2, 0.25) is 0 Å². The van der Waals surface area contributed by atoms with E-state index in [1.54, 1.807) is 72.8 Å². The Kier molecular flexibility index (Phi) is 17.5. The molecule has 3 atom stereocenters. The molecule has 2 aromatic heterocycles. The van der Waals surface area contributed by atoms with E-state index in [9.17, 15) is 33.1 Å². The van der Waals surface area contributed by atoms with Crippen molar-refractivity contribution in [1.29, 1.82) is 0 Å². The van der Waals surface area contributed by atoms with Crippen LogP contribution in [0.1, 0.15) is 82.5 Å². The molecule has 0 radical (unpaired) electrons. The van der Waals surface area contributed by atoms with Gasteiger partial charge in [0.25, 0.3) is 23.6 Å². The van der Waals surface area contributed by atoms with Gasteiger partial charge in [-0.05, 0) is 146 Å². The van der Waals surface area contributed by atoms with Gasteiger partial charge in [0, 0.05) is 71.3 Å². The van der Waals surface area contributed by atoms with Crippen molar-refractivity contribution in [3.63, 3.8) is 0 Å². The van der Waals surface area contributed by atoms with Gasteiger partial charge in [0.1, 0.15) is 59.0 Å². The van der Waals surface area contributed by atoms with Crippen LogP contribution in [0.15, 0.2) is 130 Å². The lowest BCUT2D eigenvalue weighted by molar-refractivity contribution is 0.0157. The lowest BCUT2D eigenvalue weighted by Gasteiger charge is -2.20. The number of amides is 4. The summed E-state index contributed by atoms with van der Waals surface area (Å²) in [5.41, 5.74) is 5.58. The van der Waals surface area contributed by atoms with Gasteiger partial charge in [-0.15, -0.1) is 0 Å². The largest absolute Gasteiger partial charge is 0.490 e. The number of aliphatic hydroxyl groups excluding tert-OH is 1. The fourth-order valence-corrected chi connectivity index (χ4v) is 8.60. The lowest BCUT2D eigenvalue weighted by Crippen LogP contribution is -2.31. The topological polar surface area (TPSA) is 191 Å². The van der Waals surface area contributed by atoms with Gasteiger partial charge in [-0.2, -0.15) is 0 Å². The Labute approximate surface area is 445 Å². The molecule has 5 N–H and O–H groups in total. The number of hydrogen-bond acceptors (Lipinski definition) is 10. The number of nitrogens with one attached hydrogen (secondary N) is 4. The van der Waals surface area contributed by atoms with Crippen LogP contribution in [0.25, 0.3) is 66.8 Å². The number of furan rings is 2. The first-order valence-corrected chi connectivity index (χ1v) is 25.5. The van der Waals surface area contributed by atoms with Crippen molar-refractivity contribution in [3.8, 4) is 56.4 Å². The second kappa shape index (κ2) is 24.6. The predicted octanol–water partition coefficient (Wildman–Crippen LogP) is 11.2. The van der Waals surface area contributed by atoms with Crippen LogP contribution in [-0.4, -0.2) is 87.9 Å². The molecule has 8 aromatic rings. The van der Waals surface area contributed by atoms with E-state index >= 15 is 0 Å². The molecule has 3 unspecified atom stereocenters. The first-order chi connectivity index (χ1) is 37.0. The van der Waals surface area contributed by atoms with Crippen LogP contribution >= 0.6 is 0 Å². The summed E-state index contributed by atoms with van der Waals surface area (Å²) in [6.45, 7) is 10.9. The van der Waals surface area contributed by atoms with Crippen LogP contribution in [0.5, 0.6) is 11.5 Å². The Balaban J connectivity index is 0.968. The van der Waals surface area contributed by atoms with Crippen LogP contribution in [0.2, 0.25) is 0 Å². The van der Waals surface area contributed by atoms with Gasteiger partial charge in [-0.1, -0.05) is 39.8 Å². The van der Waals surface area contributed by atoms with E-state index in [-0.39, 0.29) is 72.7 Å². The van der Waals surface area contributed by atoms with Crippen molar-refractivity contribution in [3.05, 3.63) is 155 Å². The van der Waals surface area contributed by atoms with E-state index in [4.69, 9.17) is 23.0 Å². The summed E-state index contributed by atoms with van der Waals surface area (Å²) >= 11 is 0. The number of carbonyl (C=O) groups excluding carboxylic acids is 4. The van der Waals surface area contributed by atoms with Gasteiger partial charge in [0.05, 0.1) is 29.9 Å². The highest BCUT2D eigenvalue weighted by Gasteiger charge is 2.26. The quantitative estimate of drug-likeness (QED) is 0.0437. The fraction of sp³-hybridized carbons (Fsp3) is 0.279. The van der Waals surface area contributed by atoms with Crippen molar-refractivity contribution in [2.75, 3.05) is 47.0 Å². The molecule has 4 amide bonds. The minimum absolute atomic E-state index is 0.0120. The maximum Gasteiger partial charge on any atom is 0.255 e. The van der Waals surface area contributed by atoms with E-state index in [1.807, 2.05) is 46.8 Å². The molecule has 0 aliphatic heterocycles. The summed E-state index contributed by atoms with van der Waals surface area (Å²) in [7, 11) is 3.03. The van der Waals surface area contributed by atoms with Gasteiger partial charge in [0.15, 0.2) is 0 Å². The molecule has 0 saturated heterocycles. The Morgan fingerprint density at radius 1 is 0.545 bits per heavy atom. The van der Waals surface area contributed by atoms with E-state index in [0.717, 1.165) is 0 Å². The van der Waals surface area contributed by atoms with E-state index in [0.29, 0.717) is 90.9 Å². The monoisotopic (exact) mass is 1050 g/mol. The van der Waals surface area contributed by atoms with Crippen LogP contribution in [0.4, 0.5) is 8.78 Å². The molecule has 8 rings (SSSR count). The molecule has 6 aromatic carbocycles. The van der Waals surface area contributed by atoms with Crippen molar-refractivity contribution in [1.82, 2.24) is 21.3 Å². The summed E-state index contributed by atoms with van der Waals surface area (Å²) in [5, 5.41) is 22.7. The average molecular weight is 1050 g/mol. The second-order valence-electron chi connectivity index (χ2n) is 19.4. The van der Waals surface area contributed by atoms with Gasteiger partial charge < -0.3 is 49.4 Å². The van der Waals surface area contributed by atoms with E-state index < -0.39 is 35.7 Å². The molecule has 0 fully saturated rings. The van der Waals surface area contributed by atoms with Crippen LogP contribution in [0, 0.1) is 23.5 Å². The zero-order chi connectivity index (χ0) is 54.9. The molecule has 0 saturated carbocycles. The van der Waals surface area contributed by atoms with Gasteiger partial charge >= 0.3 is 0 Å². The second-order valence-corrected chi connectivity index (χ2v) is 19.4. The minimum atomic E-state index is -0.725. The number of halogens is 2. The predicted molar refractivity (Wildman–Crippen MR) is 292 cm³/mol. The number of aliphatic hydroxyl groups is 1. The summed E-state index contributed by atoms with van der Waals surface area (Å²) in [4.78, 5) is 53.9. The molecule has 0 aliphatic rings. The number of fused-ring (bicyclic) bond motifs is 2. The lowest BCUT2D eigenvalue weighted by atomic mass is 9.98. The molecule has 0 aliphatic carbocycles. The highest BCUT2D eigenvalue weighted by Crippen LogP contribution is 2.41. The molecule has 0 spiro atoms. The number of rotatable bonds is 22. The van der Waals surface area contributed by atoms with Gasteiger partial charge in [-0.3, -0.25) is 19.2 Å². The third-order valence-corrected chi connectivity index (χ3v) is 12.9. The SMILES string of the molecule is CCC(O)COc1ccc(C(=O)NCC(C)COC(C)COc2ccc(C(=O)NCC(C)C)cc2-c2ccc3oc(-c4ccc(F)cc4)c(C(=O)NC)c3c2)cc1-c1ccc2oc(-c3ccc(F)cc3)c(C(=O)NC)c2c1. The maximum atomic E-state index is 13.9. The number of hydrogen-bond donors (Lipinski definition) is 5. The summed E-state index contributed by atoms with van der Waals surface area (Å²) in [6, 6.07) is 32.2. The first kappa shape index (κ1) is 54.9. The van der Waals surface area contributed by atoms with Crippen LogP contribution in [0.3, 0.4) is 0 Å². The summed E-state index contributed by atoms with van der Waals surface area (Å²) < 4.78 is 58.9. The Bertz CT molecular complexity index is 3420. The number of carbonyl (C=O) groups is 4. The standard InChI is InChI=1S/C61H62F2N4O10/c1-8-45(68)33-75-51-22-16-42(28-47(51)40-14-24-53-49(26-40)55(61(72)65-7)57(77-53)38-11-19-44(63)20-12-38)59(70)67-30-35(4)31-73-36(5)32-74-50-21-15-41(58(69)66-29-34(2)3)27-46(50)39-13-23-52-48(25-39)54(60(71)64-6)56(76-52)37-9-17-43(62)18-10-37/h9-28,34-36,45,68H,8,29-33H2,1-7H3,(H,64,71)(H,65,72)(H,66,69)(H,67,70). The zero-order valence-corrected chi connectivity index (χ0v) is 44.0. The van der Waals surface area contributed by atoms with Crippen LogP contribution < -0.4 is 30.7 Å². The zero-order valence-electron chi connectivity index (χ0n) is 44.0. The maximum absolute atomic E-state index is 13.9. The highest BCUT2D eigenvalue weighted by atomic mass is 19.1. The molecular weight excluding hydrogens is 987 g/mol. The molecular formula is C61H62F2N4O10. The van der Waals surface area contributed by atoms with Crippen molar-refractivity contribution < 1.29 is 56.1 Å². The fourth-order valence-electron chi connectivity index (χ4n) is 8.60. The van der Waals surface area contributed by atoms with Crippen LogP contribution in [-0.2, 0) is 4.74 Å². The molecule has 77 heavy (non-hydrogen) atoms. The van der Waals surface area contributed by atoms with Crippen molar-refractivity contribution in [2.24, 2.45) is 11.8 Å². The normalized spacial score (nSPS) is 12.6. The smallest absolute Gasteiger partial charge is 0.255 e. The van der Waals surface area contributed by atoms with Crippen molar-refractivity contribution in [2.45, 2.75) is 53.2 Å². The minimum Gasteiger partial charge on any atom is -0.490 e. The first-order valence-electron chi connectivity index (χ1n) is 25.5. The molecule has 16 heteroatoms. The molecule has 0 bridgehead atoms. The number of ether oxygens (including phenoxy) is 3. The Morgan fingerprint density at radius 2 is 0.987 bits per heavy atom. The summed E-state index contributed by atoms with van der Waals surface area (Å²) in [6.07, 6.45) is -0.663. The molecule has 14 nitrogen and oxygen atoms in total.